The van der Waals surface area contributed by atoms with Crippen molar-refractivity contribution in [3.8, 4) is 0 Å². The molecule has 1 radical (unpaired) electrons. The van der Waals surface area contributed by atoms with E-state index < -0.39 is 12.6 Å². The first kappa shape index (κ1) is 8.71. The number of rotatable bonds is 3. The summed E-state index contributed by atoms with van der Waals surface area (Å²) in [7, 11) is 0. The normalized spacial score (nSPS) is 9.42. The van der Waals surface area contributed by atoms with Crippen LogP contribution in [0.2, 0.25) is 0 Å². The van der Waals surface area contributed by atoms with E-state index in [4.69, 9.17) is 0 Å². The second-order valence-electron chi connectivity index (χ2n) is 2.12. The molecule has 1 aromatic carbocycles. The molecule has 1 rings (SSSR count). The number of alkyl halides is 1. The Labute approximate surface area is 70.0 Å². The maximum Gasteiger partial charge on any atom is 0.338 e. The molecule has 0 atom stereocenters. The number of benzene rings is 1. The zero-order chi connectivity index (χ0) is 8.81. The van der Waals surface area contributed by atoms with Crippen molar-refractivity contribution in [2.45, 2.75) is 0 Å². The second kappa shape index (κ2) is 4.49. The van der Waals surface area contributed by atoms with Gasteiger partial charge in [0, 0.05) is 0 Å². The van der Waals surface area contributed by atoms with Gasteiger partial charge in [-0.15, -0.1) is 0 Å². The Bertz CT molecular complexity index is 246. The minimum Gasteiger partial charge on any atom is -0.459 e. The largest absolute Gasteiger partial charge is 0.459 e. The Kier molecular flexibility index (Phi) is 3.26. The van der Waals surface area contributed by atoms with Crippen molar-refractivity contribution >= 4 is 5.97 Å². The molecule has 3 heteroatoms. The quantitative estimate of drug-likeness (QED) is 0.639. The van der Waals surface area contributed by atoms with Crippen LogP contribution in [0.4, 0.5) is 4.39 Å². The first-order valence-electron chi connectivity index (χ1n) is 3.54. The Morgan fingerprint density at radius 2 is 2.50 bits per heavy atom. The molecule has 0 heterocycles. The third kappa shape index (κ3) is 2.34. The summed E-state index contributed by atoms with van der Waals surface area (Å²) in [6.07, 6.45) is 0. The molecule has 0 aliphatic carbocycles. The summed E-state index contributed by atoms with van der Waals surface area (Å²) in [5, 5.41) is 0. The van der Waals surface area contributed by atoms with Gasteiger partial charge in [-0.05, 0) is 18.2 Å². The van der Waals surface area contributed by atoms with E-state index >= 15 is 0 Å². The lowest BCUT2D eigenvalue weighted by Crippen LogP contribution is -2.06. The summed E-state index contributed by atoms with van der Waals surface area (Å²) in [5.41, 5.74) is 0.394. The van der Waals surface area contributed by atoms with Crippen LogP contribution < -0.4 is 0 Å². The minimum absolute atomic E-state index is 0.187. The van der Waals surface area contributed by atoms with Crippen LogP contribution in [-0.4, -0.2) is 19.3 Å². The van der Waals surface area contributed by atoms with Gasteiger partial charge in [0.25, 0.3) is 0 Å². The molecule has 0 unspecified atom stereocenters. The number of hydrogen-bond donors (Lipinski definition) is 0. The van der Waals surface area contributed by atoms with Gasteiger partial charge in [-0.1, -0.05) is 12.1 Å². The van der Waals surface area contributed by atoms with Crippen molar-refractivity contribution < 1.29 is 13.9 Å². The zero-order valence-electron chi connectivity index (χ0n) is 6.42. The van der Waals surface area contributed by atoms with Crippen LogP contribution in [0.15, 0.2) is 24.3 Å². The highest BCUT2D eigenvalue weighted by atomic mass is 19.1. The fraction of sp³-hybridized carbons (Fsp3) is 0.222. The van der Waals surface area contributed by atoms with E-state index in [1.54, 1.807) is 18.2 Å². The van der Waals surface area contributed by atoms with Gasteiger partial charge in [-0.25, -0.2) is 9.18 Å². The van der Waals surface area contributed by atoms with Gasteiger partial charge in [0.1, 0.15) is 13.3 Å². The molecule has 0 fully saturated rings. The van der Waals surface area contributed by atoms with Crippen molar-refractivity contribution in [2.24, 2.45) is 0 Å². The van der Waals surface area contributed by atoms with E-state index in [1.807, 2.05) is 0 Å². The molecule has 0 saturated heterocycles. The van der Waals surface area contributed by atoms with E-state index in [9.17, 15) is 9.18 Å². The Morgan fingerprint density at radius 1 is 1.67 bits per heavy atom. The topological polar surface area (TPSA) is 26.3 Å². The average Bonchev–Trinajstić information content (AvgIpc) is 2.15. The lowest BCUT2D eigenvalue weighted by molar-refractivity contribution is 0.0481. The van der Waals surface area contributed by atoms with Crippen molar-refractivity contribution in [3.63, 3.8) is 0 Å². The van der Waals surface area contributed by atoms with Crippen molar-refractivity contribution in [3.05, 3.63) is 35.9 Å². The molecule has 0 saturated carbocycles. The van der Waals surface area contributed by atoms with Crippen LogP contribution in [0, 0.1) is 6.07 Å². The maximum absolute atomic E-state index is 11.6. The number of esters is 1. The van der Waals surface area contributed by atoms with E-state index in [-0.39, 0.29) is 6.61 Å². The van der Waals surface area contributed by atoms with Gasteiger partial charge in [-0.2, -0.15) is 0 Å². The lowest BCUT2D eigenvalue weighted by Gasteiger charge is -2.00. The summed E-state index contributed by atoms with van der Waals surface area (Å²) in [5.74, 6) is -0.510. The van der Waals surface area contributed by atoms with Crippen molar-refractivity contribution in [1.82, 2.24) is 0 Å². The monoisotopic (exact) mass is 167 g/mol. The van der Waals surface area contributed by atoms with Gasteiger partial charge in [0.05, 0.1) is 5.56 Å². The van der Waals surface area contributed by atoms with Crippen molar-refractivity contribution in [2.75, 3.05) is 13.3 Å². The Morgan fingerprint density at radius 3 is 3.08 bits per heavy atom. The fourth-order valence-electron chi connectivity index (χ4n) is 0.735. The number of hydrogen-bond acceptors (Lipinski definition) is 2. The van der Waals surface area contributed by atoms with Gasteiger partial charge < -0.3 is 4.74 Å². The smallest absolute Gasteiger partial charge is 0.338 e. The Balaban J connectivity index is 2.54. The number of ether oxygens (including phenoxy) is 1. The minimum atomic E-state index is -0.651. The molecule has 12 heavy (non-hydrogen) atoms. The highest BCUT2D eigenvalue weighted by Gasteiger charge is 2.04. The number of carbonyl (C=O) groups is 1. The first-order valence-corrected chi connectivity index (χ1v) is 3.54. The van der Waals surface area contributed by atoms with Gasteiger partial charge in [0.2, 0.25) is 0 Å². The molecule has 0 bridgehead atoms. The third-order valence-corrected chi connectivity index (χ3v) is 1.25. The summed E-state index contributed by atoms with van der Waals surface area (Å²) >= 11 is 0. The number of carbonyl (C=O) groups excluding carboxylic acids is 1. The molecular formula is C9H8FO2. The molecule has 0 N–H and O–H groups in total. The molecule has 0 aliphatic rings. The highest BCUT2D eigenvalue weighted by Crippen LogP contribution is 1.99. The number of halogens is 1. The molecule has 2 nitrogen and oxygen atoms in total. The Hall–Kier alpha value is -1.38. The first-order chi connectivity index (χ1) is 5.84. The molecule has 0 aliphatic heterocycles. The van der Waals surface area contributed by atoms with Gasteiger partial charge in [-0.3, -0.25) is 0 Å². The molecule has 1 aromatic rings. The maximum atomic E-state index is 11.6. The van der Waals surface area contributed by atoms with E-state index in [2.05, 4.69) is 10.8 Å². The van der Waals surface area contributed by atoms with E-state index in [0.29, 0.717) is 5.56 Å². The second-order valence-corrected chi connectivity index (χ2v) is 2.12. The molecule has 0 aromatic heterocycles. The SMILES string of the molecule is O=C(OCCF)c1c[c]ccc1. The van der Waals surface area contributed by atoms with Gasteiger partial charge >= 0.3 is 5.97 Å². The highest BCUT2D eigenvalue weighted by molar-refractivity contribution is 5.89. The summed E-state index contributed by atoms with van der Waals surface area (Å²) in [6, 6.07) is 9.16. The molecular weight excluding hydrogens is 159 g/mol. The van der Waals surface area contributed by atoms with Gasteiger partial charge in [0.15, 0.2) is 0 Å². The third-order valence-electron chi connectivity index (χ3n) is 1.25. The lowest BCUT2D eigenvalue weighted by atomic mass is 10.2. The van der Waals surface area contributed by atoms with Crippen LogP contribution in [-0.2, 0) is 4.74 Å². The molecule has 63 valence electrons. The fourth-order valence-corrected chi connectivity index (χ4v) is 0.735. The predicted octanol–water partition coefficient (Wildman–Crippen LogP) is 1.61. The molecule has 0 spiro atoms. The summed E-state index contributed by atoms with van der Waals surface area (Å²) in [4.78, 5) is 11.0. The average molecular weight is 167 g/mol. The zero-order valence-corrected chi connectivity index (χ0v) is 6.42. The van der Waals surface area contributed by atoms with Crippen molar-refractivity contribution in [1.29, 1.82) is 0 Å². The van der Waals surface area contributed by atoms with Crippen LogP contribution in [0.5, 0.6) is 0 Å². The van der Waals surface area contributed by atoms with Crippen LogP contribution in [0.1, 0.15) is 10.4 Å². The standard InChI is InChI=1S/C9H8FO2/c10-6-7-12-9(11)8-4-2-1-3-5-8/h1-2,4-5H,6-7H2. The van der Waals surface area contributed by atoms with Crippen LogP contribution in [0.25, 0.3) is 0 Å². The van der Waals surface area contributed by atoms with E-state index in [1.165, 1.54) is 6.07 Å². The summed E-state index contributed by atoms with van der Waals surface area (Å²) in [6.45, 7) is -0.837. The van der Waals surface area contributed by atoms with E-state index in [0.717, 1.165) is 0 Å². The molecule has 0 amide bonds. The summed E-state index contributed by atoms with van der Waals surface area (Å²) < 4.78 is 16.1. The van der Waals surface area contributed by atoms with Crippen LogP contribution >= 0.6 is 0 Å². The predicted molar refractivity (Wildman–Crippen MR) is 41.5 cm³/mol. The van der Waals surface area contributed by atoms with Crippen LogP contribution in [0.3, 0.4) is 0 Å².